The average Bonchev–Trinajstić information content (AvgIpc) is 2.15. The van der Waals surface area contributed by atoms with E-state index in [1.165, 1.54) is 6.07 Å². The second-order valence-electron chi connectivity index (χ2n) is 3.28. The Morgan fingerprint density at radius 2 is 1.94 bits per heavy atom. The van der Waals surface area contributed by atoms with Crippen LogP contribution in [0.1, 0.15) is 17.0 Å². The Balaban J connectivity index is 3.18. The van der Waals surface area contributed by atoms with E-state index >= 15 is 0 Å². The van der Waals surface area contributed by atoms with Gasteiger partial charge < -0.3 is 5.11 Å². The van der Waals surface area contributed by atoms with E-state index in [4.69, 9.17) is 28.3 Å². The molecule has 0 aliphatic rings. The minimum absolute atomic E-state index is 0.0812. The average molecular weight is 287 g/mol. The molecule has 94 valence electrons. The van der Waals surface area contributed by atoms with Crippen LogP contribution in [0, 0.1) is 0 Å². The molecule has 1 rings (SSSR count). The van der Waals surface area contributed by atoms with Gasteiger partial charge in [-0.05, 0) is 23.2 Å². The number of halogens is 5. The molecule has 0 fully saturated rings. The SMILES string of the molecule is O=C(Cl)C(c1cccc(C(F)(F)F)c1)C(O)Cl. The highest BCUT2D eigenvalue weighted by Crippen LogP contribution is 2.33. The quantitative estimate of drug-likeness (QED) is 0.685. The van der Waals surface area contributed by atoms with Gasteiger partial charge in [-0.1, -0.05) is 29.8 Å². The van der Waals surface area contributed by atoms with Gasteiger partial charge in [-0.3, -0.25) is 4.79 Å². The van der Waals surface area contributed by atoms with E-state index in [1.807, 2.05) is 0 Å². The van der Waals surface area contributed by atoms with Crippen molar-refractivity contribution in [2.45, 2.75) is 17.7 Å². The molecular formula is C10H7Cl2F3O2. The first-order chi connectivity index (χ1) is 7.73. The largest absolute Gasteiger partial charge is 0.416 e. The summed E-state index contributed by atoms with van der Waals surface area (Å²) in [6.07, 6.45) is -4.53. The lowest BCUT2D eigenvalue weighted by Gasteiger charge is -2.16. The minimum atomic E-state index is -4.53. The molecule has 0 heterocycles. The number of carbonyl (C=O) groups excluding carboxylic acids is 1. The topological polar surface area (TPSA) is 37.3 Å². The summed E-state index contributed by atoms with van der Waals surface area (Å²) in [5.74, 6) is -1.39. The van der Waals surface area contributed by atoms with Gasteiger partial charge in [-0.25, -0.2) is 0 Å². The first-order valence-corrected chi connectivity index (χ1v) is 5.23. The predicted octanol–water partition coefficient (Wildman–Crippen LogP) is 3.11. The second kappa shape index (κ2) is 5.25. The van der Waals surface area contributed by atoms with Crippen molar-refractivity contribution in [3.8, 4) is 0 Å². The van der Waals surface area contributed by atoms with Crippen LogP contribution in [0.4, 0.5) is 13.2 Å². The number of hydrogen-bond acceptors (Lipinski definition) is 2. The van der Waals surface area contributed by atoms with Crippen LogP contribution >= 0.6 is 23.2 Å². The lowest BCUT2D eigenvalue weighted by atomic mass is 9.99. The van der Waals surface area contributed by atoms with Crippen molar-refractivity contribution in [3.05, 3.63) is 35.4 Å². The Morgan fingerprint density at radius 1 is 1.35 bits per heavy atom. The fraction of sp³-hybridized carbons (Fsp3) is 0.300. The summed E-state index contributed by atoms with van der Waals surface area (Å²) in [5, 5.41) is 8.09. The van der Waals surface area contributed by atoms with Crippen molar-refractivity contribution in [1.29, 1.82) is 0 Å². The summed E-state index contributed by atoms with van der Waals surface area (Å²) in [5.41, 5.74) is -2.69. The normalized spacial score (nSPS) is 15.4. The third kappa shape index (κ3) is 3.59. The maximum atomic E-state index is 12.4. The van der Waals surface area contributed by atoms with Crippen molar-refractivity contribution >= 4 is 28.4 Å². The molecule has 0 saturated heterocycles. The molecule has 2 unspecified atom stereocenters. The van der Waals surface area contributed by atoms with Crippen LogP contribution in [0.3, 0.4) is 0 Å². The number of alkyl halides is 4. The molecule has 0 radical (unpaired) electrons. The Hall–Kier alpha value is -0.780. The molecule has 7 heteroatoms. The number of rotatable bonds is 3. The lowest BCUT2D eigenvalue weighted by molar-refractivity contribution is -0.137. The maximum Gasteiger partial charge on any atom is 0.416 e. The van der Waals surface area contributed by atoms with E-state index in [-0.39, 0.29) is 5.56 Å². The molecule has 1 aromatic carbocycles. The zero-order valence-electron chi connectivity index (χ0n) is 8.21. The summed E-state index contributed by atoms with van der Waals surface area (Å²) in [4.78, 5) is 11.0. The van der Waals surface area contributed by atoms with E-state index in [0.29, 0.717) is 0 Å². The van der Waals surface area contributed by atoms with Crippen molar-refractivity contribution in [2.75, 3.05) is 0 Å². The molecule has 17 heavy (non-hydrogen) atoms. The Bertz CT molecular complexity index is 418. The zero-order valence-corrected chi connectivity index (χ0v) is 9.72. The molecule has 0 spiro atoms. The molecule has 0 saturated carbocycles. The number of hydrogen-bond donors (Lipinski definition) is 1. The first kappa shape index (κ1) is 14.3. The smallest absolute Gasteiger partial charge is 0.377 e. The summed E-state index contributed by atoms with van der Waals surface area (Å²) in [6.45, 7) is 0. The van der Waals surface area contributed by atoms with Gasteiger partial charge in [0.2, 0.25) is 5.24 Å². The monoisotopic (exact) mass is 286 g/mol. The summed E-state index contributed by atoms with van der Waals surface area (Å²) in [7, 11) is 0. The zero-order chi connectivity index (χ0) is 13.2. The van der Waals surface area contributed by atoms with Gasteiger partial charge in [0.25, 0.3) is 0 Å². The van der Waals surface area contributed by atoms with Crippen molar-refractivity contribution in [1.82, 2.24) is 0 Å². The minimum Gasteiger partial charge on any atom is -0.377 e. The third-order valence-electron chi connectivity index (χ3n) is 2.09. The molecule has 0 aromatic heterocycles. The van der Waals surface area contributed by atoms with Crippen LogP contribution in [0.15, 0.2) is 24.3 Å². The molecule has 2 nitrogen and oxygen atoms in total. The maximum absolute atomic E-state index is 12.4. The van der Waals surface area contributed by atoms with Crippen molar-refractivity contribution in [3.63, 3.8) is 0 Å². The molecule has 1 N–H and O–H groups in total. The van der Waals surface area contributed by atoms with Gasteiger partial charge >= 0.3 is 6.18 Å². The molecule has 0 aliphatic heterocycles. The highest BCUT2D eigenvalue weighted by molar-refractivity contribution is 6.65. The molecule has 0 aliphatic carbocycles. The van der Waals surface area contributed by atoms with Crippen LogP contribution in [-0.2, 0) is 11.0 Å². The molecule has 1 aromatic rings. The molecule has 2 atom stereocenters. The van der Waals surface area contributed by atoms with Gasteiger partial charge in [0.1, 0.15) is 5.56 Å². The van der Waals surface area contributed by atoms with Crippen molar-refractivity contribution < 1.29 is 23.1 Å². The highest BCUT2D eigenvalue weighted by Gasteiger charge is 2.33. The number of aliphatic hydroxyl groups excluding tert-OH is 1. The Kier molecular flexibility index (Phi) is 4.41. The standard InChI is InChI=1S/C10H7Cl2F3O2/c11-8(16)7(9(12)17)5-2-1-3-6(4-5)10(13,14)15/h1-4,7-8,16H. The summed E-state index contributed by atoms with van der Waals surface area (Å²) < 4.78 is 37.3. The van der Waals surface area contributed by atoms with Crippen LogP contribution < -0.4 is 0 Å². The summed E-state index contributed by atoms with van der Waals surface area (Å²) in [6, 6.07) is 3.94. The Morgan fingerprint density at radius 3 is 2.35 bits per heavy atom. The fourth-order valence-electron chi connectivity index (χ4n) is 1.31. The molecular weight excluding hydrogens is 280 g/mol. The lowest BCUT2D eigenvalue weighted by Crippen LogP contribution is -2.19. The molecule has 0 amide bonds. The van der Waals surface area contributed by atoms with Crippen LogP contribution in [-0.4, -0.2) is 15.9 Å². The van der Waals surface area contributed by atoms with E-state index < -0.39 is 28.5 Å². The summed E-state index contributed by atoms with van der Waals surface area (Å²) >= 11 is 10.5. The second-order valence-corrected chi connectivity index (χ2v) is 4.10. The van der Waals surface area contributed by atoms with E-state index in [0.717, 1.165) is 18.2 Å². The van der Waals surface area contributed by atoms with Crippen molar-refractivity contribution in [2.24, 2.45) is 0 Å². The van der Waals surface area contributed by atoms with Gasteiger partial charge in [-0.2, -0.15) is 13.2 Å². The Labute approximate surface area is 105 Å². The van der Waals surface area contributed by atoms with Gasteiger partial charge in [0.15, 0.2) is 0 Å². The van der Waals surface area contributed by atoms with Crippen LogP contribution in [0.2, 0.25) is 0 Å². The number of aliphatic hydroxyl groups is 1. The number of carbonyl (C=O) groups is 1. The van der Waals surface area contributed by atoms with Gasteiger partial charge in [-0.15, -0.1) is 0 Å². The van der Waals surface area contributed by atoms with Gasteiger partial charge in [0, 0.05) is 0 Å². The van der Waals surface area contributed by atoms with E-state index in [2.05, 4.69) is 0 Å². The number of benzene rings is 1. The predicted molar refractivity (Wildman–Crippen MR) is 56.9 cm³/mol. The van der Waals surface area contributed by atoms with Crippen LogP contribution in [0.25, 0.3) is 0 Å². The van der Waals surface area contributed by atoms with E-state index in [9.17, 15) is 18.0 Å². The van der Waals surface area contributed by atoms with Crippen LogP contribution in [0.5, 0.6) is 0 Å². The highest BCUT2D eigenvalue weighted by atomic mass is 35.5. The first-order valence-electron chi connectivity index (χ1n) is 4.42. The fourth-order valence-corrected chi connectivity index (χ4v) is 1.88. The molecule has 0 bridgehead atoms. The third-order valence-corrected chi connectivity index (χ3v) is 2.58. The van der Waals surface area contributed by atoms with Gasteiger partial charge in [0.05, 0.1) is 11.5 Å². The van der Waals surface area contributed by atoms with E-state index in [1.54, 1.807) is 0 Å².